The van der Waals surface area contributed by atoms with E-state index >= 15 is 0 Å². The fourth-order valence-corrected chi connectivity index (χ4v) is 3.49. The first-order chi connectivity index (χ1) is 13.4. The van der Waals surface area contributed by atoms with E-state index in [4.69, 9.17) is 9.72 Å². The summed E-state index contributed by atoms with van der Waals surface area (Å²) < 4.78 is 8.89. The fourth-order valence-electron chi connectivity index (χ4n) is 3.49. The smallest absolute Gasteiger partial charge is 0.410 e. The molecule has 0 bridgehead atoms. The molecule has 158 valence electrons. The van der Waals surface area contributed by atoms with E-state index in [-0.39, 0.29) is 17.2 Å². The van der Waals surface area contributed by atoms with Crippen molar-refractivity contribution in [2.24, 2.45) is 12.5 Å². The molecule has 0 N–H and O–H groups in total. The Bertz CT molecular complexity index is 1020. The molecule has 0 atom stereocenters. The maximum atomic E-state index is 12.7. The molecule has 7 heteroatoms. The first-order valence-corrected chi connectivity index (χ1v) is 10.1. The van der Waals surface area contributed by atoms with Crippen LogP contribution in [0.15, 0.2) is 23.0 Å². The molecule has 1 amide bonds. The van der Waals surface area contributed by atoms with Gasteiger partial charge >= 0.3 is 11.8 Å². The average Bonchev–Trinajstić information content (AvgIpc) is 2.84. The van der Waals surface area contributed by atoms with Crippen molar-refractivity contribution in [1.82, 2.24) is 19.0 Å². The van der Waals surface area contributed by atoms with Crippen molar-refractivity contribution < 1.29 is 9.53 Å². The van der Waals surface area contributed by atoms with E-state index in [1.54, 1.807) is 21.1 Å². The first-order valence-electron chi connectivity index (χ1n) is 10.1. The molecule has 2 aromatic heterocycles. The van der Waals surface area contributed by atoms with Gasteiger partial charge in [0.05, 0.1) is 17.8 Å². The molecule has 0 radical (unpaired) electrons. The Morgan fingerprint density at radius 1 is 1.17 bits per heavy atom. The number of aromatic nitrogens is 3. The Labute approximate surface area is 172 Å². The molecule has 0 aliphatic carbocycles. The van der Waals surface area contributed by atoms with Crippen LogP contribution < -0.4 is 5.69 Å². The fraction of sp³-hybridized carbons (Fsp3) is 0.591. The summed E-state index contributed by atoms with van der Waals surface area (Å²) in [4.78, 5) is 31.7. The third-order valence-corrected chi connectivity index (χ3v) is 4.74. The van der Waals surface area contributed by atoms with Crippen LogP contribution in [-0.4, -0.2) is 43.8 Å². The van der Waals surface area contributed by atoms with Gasteiger partial charge < -0.3 is 9.64 Å². The molecular formula is C22H32N4O3. The number of nitrogens with zero attached hydrogens (tertiary/aromatic N) is 4. The number of aryl methyl sites for hydroxylation is 1. The standard InChI is InChI=1S/C22H32N4O3/c1-21(2,3)14-26-17-11-10-16(23-18(17)24(7)19(26)27)15-9-8-12-25(13-15)20(28)29-22(4,5)6/h9-11H,8,12-14H2,1-7H3. The van der Waals surface area contributed by atoms with Crippen LogP contribution >= 0.6 is 0 Å². The Morgan fingerprint density at radius 3 is 2.48 bits per heavy atom. The Balaban J connectivity index is 1.91. The third-order valence-electron chi connectivity index (χ3n) is 4.74. The summed E-state index contributed by atoms with van der Waals surface area (Å²) in [5.74, 6) is 0. The minimum Gasteiger partial charge on any atom is -0.444 e. The van der Waals surface area contributed by atoms with Gasteiger partial charge in [-0.2, -0.15) is 0 Å². The zero-order valence-corrected chi connectivity index (χ0v) is 18.6. The highest BCUT2D eigenvalue weighted by Gasteiger charge is 2.26. The molecule has 1 aliphatic heterocycles. The Hall–Kier alpha value is -2.57. The SMILES string of the molecule is Cn1c(=O)n(CC(C)(C)C)c2ccc(C3=CCCN(C(=O)OC(C)(C)C)C3)nc21. The lowest BCUT2D eigenvalue weighted by molar-refractivity contribution is 0.0273. The summed E-state index contributed by atoms with van der Waals surface area (Å²) in [6.07, 6.45) is 2.55. The van der Waals surface area contributed by atoms with E-state index in [0.29, 0.717) is 25.3 Å². The summed E-state index contributed by atoms with van der Waals surface area (Å²) in [6.45, 7) is 13.6. The van der Waals surface area contributed by atoms with Gasteiger partial charge in [0.25, 0.3) is 0 Å². The van der Waals surface area contributed by atoms with Gasteiger partial charge in [-0.25, -0.2) is 14.6 Å². The number of fused-ring (bicyclic) bond motifs is 1. The molecule has 7 nitrogen and oxygen atoms in total. The van der Waals surface area contributed by atoms with E-state index in [1.807, 2.05) is 32.9 Å². The lowest BCUT2D eigenvalue weighted by atomic mass is 9.97. The second kappa shape index (κ2) is 7.35. The van der Waals surface area contributed by atoms with Crippen molar-refractivity contribution >= 4 is 22.8 Å². The van der Waals surface area contributed by atoms with Gasteiger partial charge in [-0.1, -0.05) is 26.8 Å². The summed E-state index contributed by atoms with van der Waals surface area (Å²) >= 11 is 0. The van der Waals surface area contributed by atoms with E-state index < -0.39 is 5.60 Å². The van der Waals surface area contributed by atoms with Gasteiger partial charge in [-0.3, -0.25) is 9.13 Å². The van der Waals surface area contributed by atoms with Crippen LogP contribution in [0.3, 0.4) is 0 Å². The molecular weight excluding hydrogens is 368 g/mol. The van der Waals surface area contributed by atoms with Gasteiger partial charge in [0.1, 0.15) is 5.60 Å². The van der Waals surface area contributed by atoms with Gasteiger partial charge in [0.15, 0.2) is 5.65 Å². The first kappa shape index (κ1) is 21.1. The molecule has 3 rings (SSSR count). The molecule has 0 spiro atoms. The minimum absolute atomic E-state index is 0.0173. The van der Waals surface area contributed by atoms with E-state index in [0.717, 1.165) is 23.2 Å². The summed E-state index contributed by atoms with van der Waals surface area (Å²) in [6, 6.07) is 3.89. The van der Waals surface area contributed by atoms with Crippen molar-refractivity contribution in [1.29, 1.82) is 0 Å². The van der Waals surface area contributed by atoms with E-state index in [2.05, 4.69) is 26.8 Å². The number of imidazole rings is 1. The maximum Gasteiger partial charge on any atom is 0.410 e. The number of ether oxygens (including phenoxy) is 1. The number of carbonyl (C=O) groups is 1. The molecule has 0 aromatic carbocycles. The van der Waals surface area contributed by atoms with Gasteiger partial charge in [0, 0.05) is 20.1 Å². The molecule has 29 heavy (non-hydrogen) atoms. The zero-order valence-electron chi connectivity index (χ0n) is 18.6. The number of hydrogen-bond acceptors (Lipinski definition) is 4. The largest absolute Gasteiger partial charge is 0.444 e. The number of carbonyl (C=O) groups excluding carboxylic acids is 1. The lowest BCUT2D eigenvalue weighted by Crippen LogP contribution is -2.39. The van der Waals surface area contributed by atoms with Crippen LogP contribution in [0.1, 0.15) is 53.7 Å². The summed E-state index contributed by atoms with van der Waals surface area (Å²) in [7, 11) is 1.75. The second-order valence-corrected chi connectivity index (χ2v) is 9.95. The minimum atomic E-state index is -0.524. The normalized spacial score (nSPS) is 15.6. The summed E-state index contributed by atoms with van der Waals surface area (Å²) in [5, 5.41) is 0. The van der Waals surface area contributed by atoms with Crippen LogP contribution in [0, 0.1) is 5.41 Å². The molecule has 3 heterocycles. The van der Waals surface area contributed by atoms with Crippen LogP contribution in [0.25, 0.3) is 16.7 Å². The monoisotopic (exact) mass is 400 g/mol. The average molecular weight is 401 g/mol. The van der Waals surface area contributed by atoms with Crippen LogP contribution in [0.2, 0.25) is 0 Å². The molecule has 1 aliphatic rings. The van der Waals surface area contributed by atoms with Crippen LogP contribution in [-0.2, 0) is 18.3 Å². The van der Waals surface area contributed by atoms with Gasteiger partial charge in [0.2, 0.25) is 0 Å². The maximum absolute atomic E-state index is 12.7. The zero-order chi connectivity index (χ0) is 21.6. The van der Waals surface area contributed by atoms with E-state index in [1.165, 1.54) is 0 Å². The predicted molar refractivity (Wildman–Crippen MR) is 115 cm³/mol. The molecule has 0 unspecified atom stereocenters. The van der Waals surface area contributed by atoms with Crippen molar-refractivity contribution in [2.45, 2.75) is 60.1 Å². The number of rotatable bonds is 2. The third kappa shape index (κ3) is 4.71. The van der Waals surface area contributed by atoms with Crippen LogP contribution in [0.4, 0.5) is 4.79 Å². The Kier molecular flexibility index (Phi) is 5.36. The molecule has 0 saturated carbocycles. The number of pyridine rings is 1. The van der Waals surface area contributed by atoms with Crippen molar-refractivity contribution in [3.8, 4) is 0 Å². The molecule has 0 fully saturated rings. The number of amides is 1. The lowest BCUT2D eigenvalue weighted by Gasteiger charge is -2.30. The second-order valence-electron chi connectivity index (χ2n) is 9.95. The highest BCUT2D eigenvalue weighted by Crippen LogP contribution is 2.24. The highest BCUT2D eigenvalue weighted by atomic mass is 16.6. The highest BCUT2D eigenvalue weighted by molar-refractivity contribution is 5.78. The van der Waals surface area contributed by atoms with E-state index in [9.17, 15) is 9.59 Å². The Morgan fingerprint density at radius 2 is 1.86 bits per heavy atom. The van der Waals surface area contributed by atoms with Gasteiger partial charge in [-0.05, 0) is 50.3 Å². The summed E-state index contributed by atoms with van der Waals surface area (Å²) in [5.41, 5.74) is 2.64. The predicted octanol–water partition coefficient (Wildman–Crippen LogP) is 3.81. The topological polar surface area (TPSA) is 69.4 Å². The van der Waals surface area contributed by atoms with Crippen molar-refractivity contribution in [3.05, 3.63) is 34.4 Å². The van der Waals surface area contributed by atoms with Crippen molar-refractivity contribution in [3.63, 3.8) is 0 Å². The molecule has 2 aromatic rings. The number of hydrogen-bond donors (Lipinski definition) is 0. The molecule has 0 saturated heterocycles. The van der Waals surface area contributed by atoms with Gasteiger partial charge in [-0.15, -0.1) is 0 Å². The quantitative estimate of drug-likeness (QED) is 0.769. The van der Waals surface area contributed by atoms with Crippen LogP contribution in [0.5, 0.6) is 0 Å². The van der Waals surface area contributed by atoms with Crippen molar-refractivity contribution in [2.75, 3.05) is 13.1 Å².